The predicted molar refractivity (Wildman–Crippen MR) is 149 cm³/mol. The number of rotatable bonds is 3. The van der Waals surface area contributed by atoms with Crippen molar-refractivity contribution >= 4 is 17.7 Å². The first-order chi connectivity index (χ1) is 18.4. The number of carbonyl (C=O) groups is 1. The fourth-order valence-electron chi connectivity index (χ4n) is 6.90. The second-order valence-corrected chi connectivity index (χ2v) is 12.7. The zero-order chi connectivity index (χ0) is 27.7. The Labute approximate surface area is 234 Å². The lowest BCUT2D eigenvalue weighted by Gasteiger charge is -2.41. The maximum atomic E-state index is 12.8. The van der Waals surface area contributed by atoms with E-state index in [1.807, 2.05) is 63.7 Å². The molecule has 1 aliphatic heterocycles. The van der Waals surface area contributed by atoms with Gasteiger partial charge < -0.3 is 19.3 Å². The number of pyridine rings is 1. The van der Waals surface area contributed by atoms with Gasteiger partial charge in [-0.25, -0.2) is 9.78 Å². The number of hydrogen-bond donors (Lipinski definition) is 1. The molecule has 2 fully saturated rings. The van der Waals surface area contributed by atoms with Crippen LogP contribution < -0.4 is 0 Å². The SMILES string of the molecule is Cn1cncc1C(C)(O)[C@@]12C[C@@H]1c1cccnc1[C@@H](N1CCN(C(=O)OC(C)(C)C)CC1)c1ccc(Cl)cc12. The van der Waals surface area contributed by atoms with E-state index >= 15 is 0 Å². The molecule has 0 bridgehead atoms. The van der Waals surface area contributed by atoms with Gasteiger partial charge in [0.25, 0.3) is 0 Å². The normalized spacial score (nSPS) is 26.1. The average molecular weight is 550 g/mol. The number of benzene rings is 1. The van der Waals surface area contributed by atoms with Gasteiger partial charge in [-0.3, -0.25) is 9.88 Å². The highest BCUT2D eigenvalue weighted by atomic mass is 35.5. The topological polar surface area (TPSA) is 83.7 Å². The number of carbonyl (C=O) groups excluding carboxylic acids is 1. The summed E-state index contributed by atoms with van der Waals surface area (Å²) >= 11 is 6.65. The third-order valence-corrected chi connectivity index (χ3v) is 9.01. The highest BCUT2D eigenvalue weighted by molar-refractivity contribution is 6.30. The molecule has 6 rings (SSSR count). The van der Waals surface area contributed by atoms with E-state index in [1.165, 1.54) is 0 Å². The molecule has 1 aromatic carbocycles. The molecule has 3 aromatic rings. The molecular weight excluding hydrogens is 514 g/mol. The van der Waals surface area contributed by atoms with Crippen LogP contribution in [0.15, 0.2) is 49.1 Å². The Morgan fingerprint density at radius 1 is 1.13 bits per heavy atom. The van der Waals surface area contributed by atoms with Crippen LogP contribution in [-0.4, -0.2) is 67.3 Å². The van der Waals surface area contributed by atoms with E-state index in [-0.39, 0.29) is 18.1 Å². The van der Waals surface area contributed by atoms with Crippen LogP contribution in [0, 0.1) is 0 Å². The van der Waals surface area contributed by atoms with Gasteiger partial charge in [0.1, 0.15) is 11.2 Å². The van der Waals surface area contributed by atoms with Crippen molar-refractivity contribution < 1.29 is 14.6 Å². The van der Waals surface area contributed by atoms with E-state index in [2.05, 4.69) is 22.0 Å². The molecule has 0 spiro atoms. The molecule has 1 saturated heterocycles. The molecule has 1 unspecified atom stereocenters. The molecule has 9 heteroatoms. The molecule has 0 radical (unpaired) electrons. The molecule has 8 nitrogen and oxygen atoms in total. The lowest BCUT2D eigenvalue weighted by atomic mass is 9.74. The third-order valence-electron chi connectivity index (χ3n) is 8.77. The fourth-order valence-corrected chi connectivity index (χ4v) is 7.08. The van der Waals surface area contributed by atoms with Crippen LogP contribution in [0.3, 0.4) is 0 Å². The van der Waals surface area contributed by atoms with Crippen LogP contribution in [0.4, 0.5) is 4.79 Å². The summed E-state index contributed by atoms with van der Waals surface area (Å²) in [4.78, 5) is 26.2. The minimum Gasteiger partial charge on any atom is -0.444 e. The smallest absolute Gasteiger partial charge is 0.410 e. The number of aryl methyl sites for hydroxylation is 1. The Morgan fingerprint density at radius 2 is 1.87 bits per heavy atom. The number of fused-ring (bicyclic) bond motifs is 5. The molecule has 3 heterocycles. The van der Waals surface area contributed by atoms with Crippen LogP contribution in [0.1, 0.15) is 74.2 Å². The number of nitrogens with zero attached hydrogens (tertiary/aromatic N) is 5. The Hall–Kier alpha value is -2.94. The maximum Gasteiger partial charge on any atom is 0.410 e. The largest absolute Gasteiger partial charge is 0.444 e. The van der Waals surface area contributed by atoms with E-state index in [0.29, 0.717) is 31.2 Å². The minimum absolute atomic E-state index is 0.0800. The standard InChI is InChI=1S/C30H36ClN5O3/c1-28(2,3)39-27(37)36-13-11-35(12-14-36)26-21-9-8-19(31)15-22(21)30(29(4,38)24-17-32-18-34(24)5)16-23(30)20-7-6-10-33-25(20)26/h6-10,15,17-18,23,26,38H,11-14,16H2,1-5H3/t23-,26+,29?,30-/m1/s1. The number of ether oxygens (including phenoxy) is 1. The number of aliphatic hydroxyl groups is 1. The molecule has 1 amide bonds. The Kier molecular flexibility index (Phi) is 6.10. The van der Waals surface area contributed by atoms with Gasteiger partial charge in [-0.05, 0) is 74.9 Å². The van der Waals surface area contributed by atoms with Gasteiger partial charge >= 0.3 is 6.09 Å². The number of amides is 1. The molecule has 1 N–H and O–H groups in total. The highest BCUT2D eigenvalue weighted by Crippen LogP contribution is 2.71. The van der Waals surface area contributed by atoms with Gasteiger partial charge in [0.2, 0.25) is 0 Å². The molecule has 4 atom stereocenters. The average Bonchev–Trinajstić information content (AvgIpc) is 3.52. The van der Waals surface area contributed by atoms with Crippen molar-refractivity contribution in [3.05, 3.63) is 82.2 Å². The summed E-state index contributed by atoms with van der Waals surface area (Å²) in [6.07, 6.45) is 5.86. The van der Waals surface area contributed by atoms with Crippen molar-refractivity contribution in [2.24, 2.45) is 7.05 Å². The van der Waals surface area contributed by atoms with E-state index in [1.54, 1.807) is 17.4 Å². The highest BCUT2D eigenvalue weighted by Gasteiger charge is 2.69. The molecule has 206 valence electrons. The minimum atomic E-state index is -1.19. The lowest BCUT2D eigenvalue weighted by Crippen LogP contribution is -2.51. The predicted octanol–water partition coefficient (Wildman–Crippen LogP) is 4.76. The van der Waals surface area contributed by atoms with Crippen LogP contribution in [-0.2, 0) is 22.8 Å². The molecular formula is C30H36ClN5O3. The van der Waals surface area contributed by atoms with E-state index in [0.717, 1.165) is 34.5 Å². The maximum absolute atomic E-state index is 12.8. The molecule has 3 aliphatic rings. The third kappa shape index (κ3) is 4.15. The Balaban J connectivity index is 1.43. The fraction of sp³-hybridized carbons (Fsp3) is 0.500. The number of imidazole rings is 1. The first kappa shape index (κ1) is 26.3. The van der Waals surface area contributed by atoms with Crippen LogP contribution >= 0.6 is 11.6 Å². The summed E-state index contributed by atoms with van der Waals surface area (Å²) in [5.74, 6) is 0.0800. The second-order valence-electron chi connectivity index (χ2n) is 12.3. The van der Waals surface area contributed by atoms with Crippen molar-refractivity contribution in [1.82, 2.24) is 24.3 Å². The Bertz CT molecular complexity index is 1420. The second kappa shape index (κ2) is 9.04. The number of piperazine rings is 1. The van der Waals surface area contributed by atoms with Gasteiger partial charge in [0, 0.05) is 49.9 Å². The van der Waals surface area contributed by atoms with E-state index < -0.39 is 16.6 Å². The quantitative estimate of drug-likeness (QED) is 0.507. The monoisotopic (exact) mass is 549 g/mol. The zero-order valence-corrected chi connectivity index (χ0v) is 23.9. The van der Waals surface area contributed by atoms with Gasteiger partial charge in [0.15, 0.2) is 0 Å². The summed E-state index contributed by atoms with van der Waals surface area (Å²) < 4.78 is 7.53. The molecule has 39 heavy (non-hydrogen) atoms. The first-order valence-corrected chi connectivity index (χ1v) is 14.0. The number of hydrogen-bond acceptors (Lipinski definition) is 6. The Morgan fingerprint density at radius 3 is 2.54 bits per heavy atom. The van der Waals surface area contributed by atoms with Gasteiger partial charge in [-0.15, -0.1) is 0 Å². The summed E-state index contributed by atoms with van der Waals surface area (Å²) in [5, 5.41) is 13.0. The zero-order valence-electron chi connectivity index (χ0n) is 23.2. The number of halogens is 1. The summed E-state index contributed by atoms with van der Waals surface area (Å²) in [5.41, 5.74) is 2.80. The van der Waals surface area contributed by atoms with Crippen LogP contribution in [0.25, 0.3) is 0 Å². The summed E-state index contributed by atoms with van der Waals surface area (Å²) in [6.45, 7) is 10.1. The van der Waals surface area contributed by atoms with E-state index in [4.69, 9.17) is 21.3 Å². The van der Waals surface area contributed by atoms with E-state index in [9.17, 15) is 9.90 Å². The van der Waals surface area contributed by atoms with Crippen molar-refractivity contribution in [3.8, 4) is 0 Å². The summed E-state index contributed by atoms with van der Waals surface area (Å²) in [6, 6.07) is 10.1. The van der Waals surface area contributed by atoms with Crippen molar-refractivity contribution in [1.29, 1.82) is 0 Å². The first-order valence-electron chi connectivity index (χ1n) is 13.6. The van der Waals surface area contributed by atoms with Crippen LogP contribution in [0.5, 0.6) is 0 Å². The molecule has 2 aliphatic carbocycles. The van der Waals surface area contributed by atoms with Gasteiger partial charge in [-0.2, -0.15) is 0 Å². The molecule has 1 saturated carbocycles. The summed E-state index contributed by atoms with van der Waals surface area (Å²) in [7, 11) is 1.92. The lowest BCUT2D eigenvalue weighted by molar-refractivity contribution is 0.00409. The van der Waals surface area contributed by atoms with Gasteiger partial charge in [0.05, 0.1) is 30.0 Å². The van der Waals surface area contributed by atoms with Crippen molar-refractivity contribution in [3.63, 3.8) is 0 Å². The van der Waals surface area contributed by atoms with Crippen LogP contribution in [0.2, 0.25) is 5.02 Å². The number of aromatic nitrogens is 3. The molecule has 2 aromatic heterocycles. The van der Waals surface area contributed by atoms with Gasteiger partial charge in [-0.1, -0.05) is 23.7 Å². The van der Waals surface area contributed by atoms with Crippen molar-refractivity contribution in [2.45, 2.75) is 62.7 Å². The van der Waals surface area contributed by atoms with Crippen molar-refractivity contribution in [2.75, 3.05) is 26.2 Å².